The van der Waals surface area contributed by atoms with Gasteiger partial charge < -0.3 is 15.0 Å². The normalized spacial score (nSPS) is 14.4. The number of likely N-dealkylation sites (N-methyl/N-ethyl adjacent to an activating group) is 1. The highest BCUT2D eigenvalue weighted by atomic mass is 16.4. The van der Waals surface area contributed by atoms with E-state index in [0.29, 0.717) is 17.0 Å². The maximum Gasteiger partial charge on any atom is 0.337 e. The zero-order valence-electron chi connectivity index (χ0n) is 11.1. The Morgan fingerprint density at radius 1 is 1.45 bits per heavy atom. The second-order valence-corrected chi connectivity index (χ2v) is 4.98. The molecular formula is C14H15N3O3. The minimum absolute atomic E-state index is 0.100. The largest absolute Gasteiger partial charge is 0.478 e. The van der Waals surface area contributed by atoms with E-state index in [1.165, 1.54) is 0 Å². The first-order valence-corrected chi connectivity index (χ1v) is 6.55. The van der Waals surface area contributed by atoms with E-state index < -0.39 is 5.97 Å². The number of hydrogen-bond donors (Lipinski definition) is 2. The number of rotatable bonds is 4. The second-order valence-electron chi connectivity index (χ2n) is 4.98. The summed E-state index contributed by atoms with van der Waals surface area (Å²) in [4.78, 5) is 27.6. The molecule has 6 nitrogen and oxygen atoms in total. The minimum atomic E-state index is -1.00. The van der Waals surface area contributed by atoms with E-state index in [0.717, 1.165) is 18.7 Å². The molecule has 0 spiro atoms. The van der Waals surface area contributed by atoms with Crippen molar-refractivity contribution in [1.82, 2.24) is 14.9 Å². The lowest BCUT2D eigenvalue weighted by molar-refractivity contribution is -0.121. The molecule has 104 valence electrons. The number of benzene rings is 1. The van der Waals surface area contributed by atoms with E-state index in [9.17, 15) is 14.7 Å². The Bertz CT molecular complexity index is 701. The molecule has 20 heavy (non-hydrogen) atoms. The summed E-state index contributed by atoms with van der Waals surface area (Å²) in [6.45, 7) is 0.100. The fourth-order valence-electron chi connectivity index (χ4n) is 2.41. The van der Waals surface area contributed by atoms with Crippen molar-refractivity contribution in [1.29, 1.82) is 0 Å². The zero-order valence-corrected chi connectivity index (χ0v) is 11.1. The number of carboxylic acids is 1. The number of nitrogens with zero attached hydrogens (tertiary/aromatic N) is 2. The lowest BCUT2D eigenvalue weighted by Gasteiger charge is -2.09. The minimum Gasteiger partial charge on any atom is -0.478 e. The van der Waals surface area contributed by atoms with E-state index in [2.05, 4.69) is 10.3 Å². The third-order valence-corrected chi connectivity index (χ3v) is 3.55. The van der Waals surface area contributed by atoms with E-state index in [4.69, 9.17) is 0 Å². The topological polar surface area (TPSA) is 84.2 Å². The van der Waals surface area contributed by atoms with E-state index in [1.54, 1.807) is 29.8 Å². The van der Waals surface area contributed by atoms with Crippen LogP contribution in [0.3, 0.4) is 0 Å². The monoisotopic (exact) mass is 273 g/mol. The Morgan fingerprint density at radius 2 is 2.20 bits per heavy atom. The fourth-order valence-corrected chi connectivity index (χ4v) is 2.41. The van der Waals surface area contributed by atoms with Gasteiger partial charge in [-0.05, 0) is 25.0 Å². The number of amides is 1. The average Bonchev–Trinajstić information content (AvgIpc) is 3.21. The number of hydrogen-bond acceptors (Lipinski definition) is 3. The molecule has 1 aliphatic rings. The molecule has 1 fully saturated rings. The molecule has 0 atom stereocenters. The van der Waals surface area contributed by atoms with Crippen LogP contribution in [-0.2, 0) is 11.3 Å². The van der Waals surface area contributed by atoms with Gasteiger partial charge in [0.2, 0.25) is 5.91 Å². The smallest absolute Gasteiger partial charge is 0.337 e. The van der Waals surface area contributed by atoms with Crippen LogP contribution in [0.1, 0.15) is 34.9 Å². The third kappa shape index (κ3) is 2.03. The Kier molecular flexibility index (Phi) is 2.93. The predicted molar refractivity (Wildman–Crippen MR) is 72.7 cm³/mol. The number of carbonyl (C=O) groups is 2. The van der Waals surface area contributed by atoms with Crippen molar-refractivity contribution in [3.8, 4) is 0 Å². The van der Waals surface area contributed by atoms with Gasteiger partial charge in [-0.15, -0.1) is 0 Å². The molecule has 0 unspecified atom stereocenters. The van der Waals surface area contributed by atoms with Crippen molar-refractivity contribution >= 4 is 22.9 Å². The van der Waals surface area contributed by atoms with Gasteiger partial charge in [-0.3, -0.25) is 4.79 Å². The summed E-state index contributed by atoms with van der Waals surface area (Å²) >= 11 is 0. The van der Waals surface area contributed by atoms with Gasteiger partial charge in [0.15, 0.2) is 0 Å². The van der Waals surface area contributed by atoms with Crippen LogP contribution in [0.4, 0.5) is 0 Å². The van der Waals surface area contributed by atoms with E-state index in [-0.39, 0.29) is 18.0 Å². The first kappa shape index (κ1) is 12.7. The van der Waals surface area contributed by atoms with Crippen LogP contribution in [0.25, 0.3) is 11.0 Å². The maximum atomic E-state index is 11.7. The van der Waals surface area contributed by atoms with Crippen LogP contribution in [0.5, 0.6) is 0 Å². The number of carbonyl (C=O) groups excluding carboxylic acids is 1. The molecule has 1 aliphatic carbocycles. The third-order valence-electron chi connectivity index (χ3n) is 3.55. The summed E-state index contributed by atoms with van der Waals surface area (Å²) in [5.41, 5.74) is 1.35. The van der Waals surface area contributed by atoms with Crippen molar-refractivity contribution < 1.29 is 14.7 Å². The zero-order chi connectivity index (χ0) is 14.3. The molecule has 0 radical (unpaired) electrons. The molecule has 2 aromatic rings. The molecule has 1 saturated carbocycles. The average molecular weight is 273 g/mol. The van der Waals surface area contributed by atoms with Gasteiger partial charge in [-0.2, -0.15) is 0 Å². The predicted octanol–water partition coefficient (Wildman–Crippen LogP) is 1.36. The SMILES string of the molecule is CNC(=O)Cn1c(C2CC2)nc2cccc(C(=O)O)c21. The van der Waals surface area contributed by atoms with Gasteiger partial charge in [0.1, 0.15) is 12.4 Å². The van der Waals surface area contributed by atoms with Gasteiger partial charge in [-0.1, -0.05) is 6.07 Å². The highest BCUT2D eigenvalue weighted by Gasteiger charge is 2.31. The van der Waals surface area contributed by atoms with E-state index >= 15 is 0 Å². The Hall–Kier alpha value is -2.37. The van der Waals surface area contributed by atoms with Gasteiger partial charge in [-0.25, -0.2) is 9.78 Å². The van der Waals surface area contributed by atoms with Crippen molar-refractivity contribution in [2.24, 2.45) is 0 Å². The Morgan fingerprint density at radius 3 is 2.80 bits per heavy atom. The van der Waals surface area contributed by atoms with E-state index in [1.807, 2.05) is 0 Å². The number of nitrogens with one attached hydrogen (secondary N) is 1. The number of carboxylic acid groups (broad SMARTS) is 1. The van der Waals surface area contributed by atoms with Crippen LogP contribution >= 0.6 is 0 Å². The highest BCUT2D eigenvalue weighted by molar-refractivity contribution is 6.01. The molecule has 1 amide bonds. The van der Waals surface area contributed by atoms with Crippen LogP contribution in [0.2, 0.25) is 0 Å². The second kappa shape index (κ2) is 4.63. The summed E-state index contributed by atoms with van der Waals surface area (Å²) in [7, 11) is 1.57. The molecule has 2 N–H and O–H groups in total. The molecule has 1 aromatic heterocycles. The van der Waals surface area contributed by atoms with Crippen LogP contribution in [0.15, 0.2) is 18.2 Å². The van der Waals surface area contributed by atoms with Crippen LogP contribution in [-0.4, -0.2) is 33.6 Å². The molecule has 6 heteroatoms. The van der Waals surface area contributed by atoms with Crippen molar-refractivity contribution in [2.45, 2.75) is 25.3 Å². The number of imidazole rings is 1. The summed E-state index contributed by atoms with van der Waals surface area (Å²) < 4.78 is 1.75. The summed E-state index contributed by atoms with van der Waals surface area (Å²) in [6.07, 6.45) is 2.08. The number of aromatic carboxylic acids is 1. The Balaban J connectivity index is 2.23. The lowest BCUT2D eigenvalue weighted by Crippen LogP contribution is -2.24. The van der Waals surface area contributed by atoms with Gasteiger partial charge in [0.05, 0.1) is 16.6 Å². The summed E-state index contributed by atoms with van der Waals surface area (Å²) in [5.74, 6) is -0.00611. The fraction of sp³-hybridized carbons (Fsp3) is 0.357. The van der Waals surface area contributed by atoms with Crippen LogP contribution < -0.4 is 5.32 Å². The van der Waals surface area contributed by atoms with Crippen molar-refractivity contribution in [3.05, 3.63) is 29.6 Å². The lowest BCUT2D eigenvalue weighted by atomic mass is 10.2. The maximum absolute atomic E-state index is 11.7. The molecule has 0 bridgehead atoms. The summed E-state index contributed by atoms with van der Waals surface area (Å²) in [5, 5.41) is 11.9. The van der Waals surface area contributed by atoms with Crippen LogP contribution in [0, 0.1) is 0 Å². The highest BCUT2D eigenvalue weighted by Crippen LogP contribution is 2.41. The van der Waals surface area contributed by atoms with Crippen molar-refractivity contribution in [3.63, 3.8) is 0 Å². The van der Waals surface area contributed by atoms with Gasteiger partial charge in [0, 0.05) is 13.0 Å². The molecule has 1 heterocycles. The van der Waals surface area contributed by atoms with Gasteiger partial charge >= 0.3 is 5.97 Å². The first-order valence-electron chi connectivity index (χ1n) is 6.55. The molecule has 0 saturated heterocycles. The molecule has 0 aliphatic heterocycles. The quantitative estimate of drug-likeness (QED) is 0.881. The van der Waals surface area contributed by atoms with Gasteiger partial charge in [0.25, 0.3) is 0 Å². The molecule has 3 rings (SSSR count). The summed E-state index contributed by atoms with van der Waals surface area (Å²) in [6, 6.07) is 5.01. The first-order chi connectivity index (χ1) is 9.61. The number of fused-ring (bicyclic) bond motifs is 1. The van der Waals surface area contributed by atoms with Crippen molar-refractivity contribution in [2.75, 3.05) is 7.05 Å². The number of para-hydroxylation sites is 1. The standard InChI is InChI=1S/C14H15N3O3/c1-15-11(18)7-17-12-9(14(19)20)3-2-4-10(12)16-13(17)8-5-6-8/h2-4,8H,5-7H2,1H3,(H,15,18)(H,19,20). The number of aromatic nitrogens is 2. The Labute approximate surface area is 115 Å². The molecule has 1 aromatic carbocycles. The molecular weight excluding hydrogens is 258 g/mol.